The third-order valence-electron chi connectivity index (χ3n) is 2.94. The Morgan fingerprint density at radius 2 is 2.37 bits per heavy atom. The average Bonchev–Trinajstić information content (AvgIpc) is 2.95. The first-order valence-electron chi connectivity index (χ1n) is 6.06. The zero-order valence-electron chi connectivity index (χ0n) is 11.1. The SMILES string of the molecule is CCn1cc(C(C)NC(=O)c2[nH]ncc2I)c(C)n1. The van der Waals surface area contributed by atoms with Gasteiger partial charge in [0, 0.05) is 18.3 Å². The van der Waals surface area contributed by atoms with Gasteiger partial charge in [-0.05, 0) is 43.4 Å². The van der Waals surface area contributed by atoms with E-state index in [9.17, 15) is 4.79 Å². The van der Waals surface area contributed by atoms with Crippen LogP contribution in [0, 0.1) is 10.5 Å². The van der Waals surface area contributed by atoms with Gasteiger partial charge in [0.1, 0.15) is 5.69 Å². The molecule has 1 atom stereocenters. The molecule has 2 rings (SSSR count). The summed E-state index contributed by atoms with van der Waals surface area (Å²) in [6, 6.07) is -0.0908. The third kappa shape index (κ3) is 2.96. The molecule has 6 nitrogen and oxygen atoms in total. The number of amides is 1. The highest BCUT2D eigenvalue weighted by Crippen LogP contribution is 2.17. The maximum Gasteiger partial charge on any atom is 0.270 e. The molecule has 0 aliphatic carbocycles. The minimum Gasteiger partial charge on any atom is -0.344 e. The minimum absolute atomic E-state index is 0.0908. The average molecular weight is 373 g/mol. The first-order chi connectivity index (χ1) is 9.02. The molecule has 7 heteroatoms. The van der Waals surface area contributed by atoms with E-state index in [1.807, 2.05) is 31.6 Å². The summed E-state index contributed by atoms with van der Waals surface area (Å²) in [6.07, 6.45) is 3.60. The second-order valence-electron chi connectivity index (χ2n) is 4.31. The fourth-order valence-corrected chi connectivity index (χ4v) is 2.40. The second kappa shape index (κ2) is 5.72. The molecular weight excluding hydrogens is 357 g/mol. The molecule has 2 N–H and O–H groups in total. The van der Waals surface area contributed by atoms with Gasteiger partial charge in [0.05, 0.1) is 21.5 Å². The third-order valence-corrected chi connectivity index (χ3v) is 3.76. The van der Waals surface area contributed by atoms with Crippen LogP contribution in [0.25, 0.3) is 0 Å². The predicted octanol–water partition coefficient (Wildman–Crippen LogP) is 2.03. The van der Waals surface area contributed by atoms with Crippen LogP contribution < -0.4 is 5.32 Å². The smallest absolute Gasteiger partial charge is 0.270 e. The second-order valence-corrected chi connectivity index (χ2v) is 5.48. The molecule has 0 bridgehead atoms. The van der Waals surface area contributed by atoms with Gasteiger partial charge in [-0.15, -0.1) is 0 Å². The molecule has 1 unspecified atom stereocenters. The van der Waals surface area contributed by atoms with E-state index in [0.717, 1.165) is 21.4 Å². The van der Waals surface area contributed by atoms with Gasteiger partial charge >= 0.3 is 0 Å². The molecule has 0 aliphatic rings. The molecule has 0 saturated carbocycles. The quantitative estimate of drug-likeness (QED) is 0.806. The van der Waals surface area contributed by atoms with Crippen LogP contribution in [0.2, 0.25) is 0 Å². The van der Waals surface area contributed by atoms with Crippen LogP contribution in [0.1, 0.15) is 41.6 Å². The number of aromatic nitrogens is 4. The summed E-state index contributed by atoms with van der Waals surface area (Å²) in [5.74, 6) is -0.155. The molecule has 102 valence electrons. The van der Waals surface area contributed by atoms with E-state index in [4.69, 9.17) is 0 Å². The number of hydrogen-bond acceptors (Lipinski definition) is 3. The lowest BCUT2D eigenvalue weighted by Crippen LogP contribution is -2.27. The molecular formula is C12H16IN5O. The number of H-pyrrole nitrogens is 1. The van der Waals surface area contributed by atoms with Crippen LogP contribution in [-0.4, -0.2) is 25.9 Å². The van der Waals surface area contributed by atoms with Gasteiger partial charge in [-0.3, -0.25) is 14.6 Å². The molecule has 2 aromatic heterocycles. The normalized spacial score (nSPS) is 12.4. The number of carbonyl (C=O) groups excluding carboxylic acids is 1. The first kappa shape index (κ1) is 14.0. The summed E-state index contributed by atoms with van der Waals surface area (Å²) >= 11 is 2.08. The lowest BCUT2D eigenvalue weighted by atomic mass is 10.1. The Morgan fingerprint density at radius 1 is 1.63 bits per heavy atom. The van der Waals surface area contributed by atoms with Crippen molar-refractivity contribution < 1.29 is 4.79 Å². The number of nitrogens with one attached hydrogen (secondary N) is 2. The van der Waals surface area contributed by atoms with Gasteiger partial charge in [-0.1, -0.05) is 0 Å². The predicted molar refractivity (Wildman–Crippen MR) is 79.8 cm³/mol. The maximum atomic E-state index is 12.1. The summed E-state index contributed by atoms with van der Waals surface area (Å²) in [6.45, 7) is 6.75. The Morgan fingerprint density at radius 3 is 2.89 bits per heavy atom. The van der Waals surface area contributed by atoms with Crippen LogP contribution >= 0.6 is 22.6 Å². The minimum atomic E-state index is -0.155. The number of aryl methyl sites for hydroxylation is 2. The Hall–Kier alpha value is -1.38. The highest BCUT2D eigenvalue weighted by atomic mass is 127. The maximum absolute atomic E-state index is 12.1. The number of rotatable bonds is 4. The summed E-state index contributed by atoms with van der Waals surface area (Å²) in [5.41, 5.74) is 2.46. The fraction of sp³-hybridized carbons (Fsp3) is 0.417. The zero-order chi connectivity index (χ0) is 14.0. The summed E-state index contributed by atoms with van der Waals surface area (Å²) < 4.78 is 2.68. The molecule has 2 aromatic rings. The van der Waals surface area contributed by atoms with Gasteiger partial charge in [0.15, 0.2) is 0 Å². The van der Waals surface area contributed by atoms with E-state index in [1.165, 1.54) is 0 Å². The Balaban J connectivity index is 2.12. The van der Waals surface area contributed by atoms with Crippen LogP contribution in [0.15, 0.2) is 12.4 Å². The van der Waals surface area contributed by atoms with Crippen molar-refractivity contribution in [1.82, 2.24) is 25.3 Å². The Kier molecular flexibility index (Phi) is 4.23. The van der Waals surface area contributed by atoms with Crippen LogP contribution in [0.3, 0.4) is 0 Å². The molecule has 19 heavy (non-hydrogen) atoms. The van der Waals surface area contributed by atoms with E-state index in [0.29, 0.717) is 5.69 Å². The number of carbonyl (C=O) groups is 1. The van der Waals surface area contributed by atoms with E-state index < -0.39 is 0 Å². The highest BCUT2D eigenvalue weighted by Gasteiger charge is 2.18. The molecule has 1 amide bonds. The highest BCUT2D eigenvalue weighted by molar-refractivity contribution is 14.1. The summed E-state index contributed by atoms with van der Waals surface area (Å²) in [5, 5.41) is 13.9. The largest absolute Gasteiger partial charge is 0.344 e. The molecule has 0 fully saturated rings. The van der Waals surface area contributed by atoms with Crippen molar-refractivity contribution in [2.75, 3.05) is 0 Å². The Bertz CT molecular complexity index is 589. The van der Waals surface area contributed by atoms with Gasteiger partial charge in [-0.25, -0.2) is 0 Å². The monoisotopic (exact) mass is 373 g/mol. The zero-order valence-corrected chi connectivity index (χ0v) is 13.2. The number of nitrogens with zero attached hydrogens (tertiary/aromatic N) is 3. The first-order valence-corrected chi connectivity index (χ1v) is 7.14. The van der Waals surface area contributed by atoms with Crippen molar-refractivity contribution in [3.8, 4) is 0 Å². The molecule has 2 heterocycles. The summed E-state index contributed by atoms with van der Waals surface area (Å²) in [7, 11) is 0. The van der Waals surface area contributed by atoms with Crippen LogP contribution in [0.4, 0.5) is 0 Å². The van der Waals surface area contributed by atoms with E-state index in [-0.39, 0.29) is 11.9 Å². The van der Waals surface area contributed by atoms with Gasteiger partial charge in [0.2, 0.25) is 0 Å². The number of aromatic amines is 1. The molecule has 0 saturated heterocycles. The molecule has 0 radical (unpaired) electrons. The standard InChI is InChI=1S/C12H16IN5O/c1-4-18-6-9(8(3)17-18)7(2)15-12(19)11-10(13)5-14-16-11/h5-7H,4H2,1-3H3,(H,14,16)(H,15,19). The van der Waals surface area contributed by atoms with Crippen LogP contribution in [0.5, 0.6) is 0 Å². The van der Waals surface area contributed by atoms with E-state index in [1.54, 1.807) is 6.20 Å². The van der Waals surface area contributed by atoms with E-state index >= 15 is 0 Å². The van der Waals surface area contributed by atoms with Crippen molar-refractivity contribution in [3.63, 3.8) is 0 Å². The lowest BCUT2D eigenvalue weighted by Gasteiger charge is -2.12. The fourth-order valence-electron chi connectivity index (χ4n) is 1.90. The topological polar surface area (TPSA) is 75.6 Å². The molecule has 0 aliphatic heterocycles. The molecule has 0 aromatic carbocycles. The number of hydrogen-bond donors (Lipinski definition) is 2. The molecule has 0 spiro atoms. The Labute approximate surface area is 125 Å². The lowest BCUT2D eigenvalue weighted by molar-refractivity contribution is 0.0934. The van der Waals surface area contributed by atoms with Crippen molar-refractivity contribution in [3.05, 3.63) is 32.9 Å². The van der Waals surface area contributed by atoms with Crippen molar-refractivity contribution in [1.29, 1.82) is 0 Å². The van der Waals surface area contributed by atoms with Crippen molar-refractivity contribution >= 4 is 28.5 Å². The van der Waals surface area contributed by atoms with Gasteiger partial charge in [-0.2, -0.15) is 10.2 Å². The van der Waals surface area contributed by atoms with Crippen molar-refractivity contribution in [2.45, 2.75) is 33.4 Å². The van der Waals surface area contributed by atoms with E-state index in [2.05, 4.69) is 43.2 Å². The summed E-state index contributed by atoms with van der Waals surface area (Å²) in [4.78, 5) is 12.1. The number of halogens is 1. The van der Waals surface area contributed by atoms with Crippen molar-refractivity contribution in [2.24, 2.45) is 0 Å². The van der Waals surface area contributed by atoms with Gasteiger partial charge < -0.3 is 5.32 Å². The van der Waals surface area contributed by atoms with Crippen LogP contribution in [-0.2, 0) is 6.54 Å². The van der Waals surface area contributed by atoms with Gasteiger partial charge in [0.25, 0.3) is 5.91 Å².